The fraction of sp³-hybridized carbons (Fsp3) is 0.727. The van der Waals surface area contributed by atoms with E-state index in [4.69, 9.17) is 0 Å². The standard InChI is InChI=1S/C11H19NO/c1-4-11(7-5-6-8-11)12-10(13)9(2)3/h2,4-8H2,1,3H3,(H,12,13). The summed E-state index contributed by atoms with van der Waals surface area (Å²) in [4.78, 5) is 11.5. The van der Waals surface area contributed by atoms with E-state index in [0.29, 0.717) is 5.57 Å². The van der Waals surface area contributed by atoms with E-state index in [0.717, 1.165) is 19.3 Å². The number of rotatable bonds is 3. The molecule has 0 spiro atoms. The molecule has 1 amide bonds. The topological polar surface area (TPSA) is 29.1 Å². The van der Waals surface area contributed by atoms with Crippen LogP contribution in [0.2, 0.25) is 0 Å². The molecule has 0 unspecified atom stereocenters. The fourth-order valence-corrected chi connectivity index (χ4v) is 1.97. The van der Waals surface area contributed by atoms with E-state index in [1.807, 2.05) is 0 Å². The van der Waals surface area contributed by atoms with Crippen molar-refractivity contribution < 1.29 is 4.79 Å². The van der Waals surface area contributed by atoms with Crippen molar-refractivity contribution in [2.45, 2.75) is 51.5 Å². The van der Waals surface area contributed by atoms with Gasteiger partial charge in [-0.15, -0.1) is 0 Å². The average molecular weight is 181 g/mol. The Bertz CT molecular complexity index is 214. The van der Waals surface area contributed by atoms with Gasteiger partial charge in [0.25, 0.3) is 0 Å². The van der Waals surface area contributed by atoms with E-state index in [1.165, 1.54) is 12.8 Å². The van der Waals surface area contributed by atoms with E-state index in [9.17, 15) is 4.79 Å². The van der Waals surface area contributed by atoms with Gasteiger partial charge >= 0.3 is 0 Å². The minimum Gasteiger partial charge on any atom is -0.347 e. The minimum atomic E-state index is 0.0174. The lowest BCUT2D eigenvalue weighted by Gasteiger charge is -2.29. The molecule has 2 heteroatoms. The molecule has 0 radical (unpaired) electrons. The normalized spacial score (nSPS) is 19.8. The molecule has 1 aliphatic rings. The highest BCUT2D eigenvalue weighted by atomic mass is 16.1. The van der Waals surface area contributed by atoms with E-state index in [2.05, 4.69) is 18.8 Å². The first-order valence-electron chi connectivity index (χ1n) is 5.08. The van der Waals surface area contributed by atoms with Crippen molar-refractivity contribution in [1.29, 1.82) is 0 Å². The van der Waals surface area contributed by atoms with Gasteiger partial charge in [-0.25, -0.2) is 0 Å². The Balaban J connectivity index is 2.58. The van der Waals surface area contributed by atoms with Crippen molar-refractivity contribution in [2.24, 2.45) is 0 Å². The molecule has 0 aromatic rings. The van der Waals surface area contributed by atoms with Gasteiger partial charge in [-0.05, 0) is 26.2 Å². The zero-order chi connectivity index (χ0) is 9.90. The van der Waals surface area contributed by atoms with Crippen LogP contribution in [0.1, 0.15) is 46.0 Å². The van der Waals surface area contributed by atoms with Crippen LogP contribution in [0.5, 0.6) is 0 Å². The Morgan fingerprint density at radius 1 is 1.46 bits per heavy atom. The van der Waals surface area contributed by atoms with Crippen LogP contribution in [0.4, 0.5) is 0 Å². The molecule has 1 N–H and O–H groups in total. The highest BCUT2D eigenvalue weighted by Gasteiger charge is 2.33. The molecule has 0 heterocycles. The van der Waals surface area contributed by atoms with Crippen LogP contribution in [-0.4, -0.2) is 11.4 Å². The summed E-state index contributed by atoms with van der Waals surface area (Å²) in [5.41, 5.74) is 0.690. The van der Waals surface area contributed by atoms with Crippen LogP contribution in [-0.2, 0) is 4.79 Å². The molecule has 0 atom stereocenters. The molecule has 0 aromatic carbocycles. The molecule has 1 rings (SSSR count). The lowest BCUT2D eigenvalue weighted by molar-refractivity contribution is -0.119. The summed E-state index contributed by atoms with van der Waals surface area (Å²) in [7, 11) is 0. The van der Waals surface area contributed by atoms with E-state index >= 15 is 0 Å². The molecule has 1 aliphatic carbocycles. The maximum atomic E-state index is 11.5. The molecule has 1 fully saturated rings. The van der Waals surface area contributed by atoms with Gasteiger partial charge in [0.2, 0.25) is 5.91 Å². The average Bonchev–Trinajstić information content (AvgIpc) is 2.54. The molecule has 1 saturated carbocycles. The predicted octanol–water partition coefficient (Wildman–Crippen LogP) is 2.40. The lowest BCUT2D eigenvalue weighted by atomic mass is 9.94. The van der Waals surface area contributed by atoms with Crippen molar-refractivity contribution >= 4 is 5.91 Å². The molecule has 0 aliphatic heterocycles. The van der Waals surface area contributed by atoms with Crippen LogP contribution in [0.3, 0.4) is 0 Å². The van der Waals surface area contributed by atoms with Crippen molar-refractivity contribution in [3.8, 4) is 0 Å². The second kappa shape index (κ2) is 3.95. The van der Waals surface area contributed by atoms with Crippen LogP contribution in [0.25, 0.3) is 0 Å². The third-order valence-corrected chi connectivity index (χ3v) is 3.00. The van der Waals surface area contributed by atoms with Crippen LogP contribution in [0.15, 0.2) is 12.2 Å². The van der Waals surface area contributed by atoms with Crippen molar-refractivity contribution in [3.63, 3.8) is 0 Å². The van der Waals surface area contributed by atoms with Crippen molar-refractivity contribution in [3.05, 3.63) is 12.2 Å². The summed E-state index contributed by atoms with van der Waals surface area (Å²) in [5, 5.41) is 3.10. The second-order valence-corrected chi connectivity index (χ2v) is 4.08. The summed E-state index contributed by atoms with van der Waals surface area (Å²) < 4.78 is 0. The van der Waals surface area contributed by atoms with Crippen molar-refractivity contribution in [2.75, 3.05) is 0 Å². The zero-order valence-electron chi connectivity index (χ0n) is 8.65. The fourth-order valence-electron chi connectivity index (χ4n) is 1.97. The first kappa shape index (κ1) is 10.3. The summed E-state index contributed by atoms with van der Waals surface area (Å²) in [5.74, 6) is 0.0174. The third-order valence-electron chi connectivity index (χ3n) is 3.00. The smallest absolute Gasteiger partial charge is 0.246 e. The Kier molecular flexibility index (Phi) is 3.12. The zero-order valence-corrected chi connectivity index (χ0v) is 8.65. The van der Waals surface area contributed by atoms with Gasteiger partial charge < -0.3 is 5.32 Å². The quantitative estimate of drug-likeness (QED) is 0.665. The number of carbonyl (C=O) groups excluding carboxylic acids is 1. The first-order valence-corrected chi connectivity index (χ1v) is 5.08. The molecule has 2 nitrogen and oxygen atoms in total. The molecule has 0 bridgehead atoms. The van der Waals surface area contributed by atoms with Crippen molar-refractivity contribution in [1.82, 2.24) is 5.32 Å². The van der Waals surface area contributed by atoms with Gasteiger partial charge in [0, 0.05) is 11.1 Å². The molecule has 74 valence electrons. The summed E-state index contributed by atoms with van der Waals surface area (Å²) in [6.07, 6.45) is 5.77. The largest absolute Gasteiger partial charge is 0.347 e. The lowest BCUT2D eigenvalue weighted by Crippen LogP contribution is -2.45. The summed E-state index contributed by atoms with van der Waals surface area (Å²) >= 11 is 0. The van der Waals surface area contributed by atoms with Gasteiger partial charge in [0.15, 0.2) is 0 Å². The molecular formula is C11H19NO. The summed E-state index contributed by atoms with van der Waals surface area (Å²) in [6.45, 7) is 7.55. The van der Waals surface area contributed by atoms with Crippen LogP contribution >= 0.6 is 0 Å². The van der Waals surface area contributed by atoms with E-state index in [1.54, 1.807) is 6.92 Å². The molecule has 0 aromatic heterocycles. The van der Waals surface area contributed by atoms with Gasteiger partial charge in [-0.2, -0.15) is 0 Å². The first-order chi connectivity index (χ1) is 6.09. The Morgan fingerprint density at radius 2 is 2.00 bits per heavy atom. The van der Waals surface area contributed by atoms with Crippen LogP contribution < -0.4 is 5.32 Å². The highest BCUT2D eigenvalue weighted by Crippen LogP contribution is 2.32. The molecule has 0 saturated heterocycles. The Morgan fingerprint density at radius 3 is 2.38 bits per heavy atom. The van der Waals surface area contributed by atoms with E-state index in [-0.39, 0.29) is 11.4 Å². The van der Waals surface area contributed by atoms with E-state index < -0.39 is 0 Å². The monoisotopic (exact) mass is 181 g/mol. The Labute approximate surface area is 80.4 Å². The second-order valence-electron chi connectivity index (χ2n) is 4.08. The number of nitrogens with one attached hydrogen (secondary N) is 1. The summed E-state index contributed by atoms with van der Waals surface area (Å²) in [6, 6.07) is 0. The third kappa shape index (κ3) is 2.33. The SMILES string of the molecule is C=C(C)C(=O)NC1(CC)CCCC1. The van der Waals surface area contributed by atoms with Gasteiger partial charge in [-0.1, -0.05) is 26.3 Å². The molecule has 13 heavy (non-hydrogen) atoms. The van der Waals surface area contributed by atoms with Gasteiger partial charge in [0.1, 0.15) is 0 Å². The number of carbonyl (C=O) groups is 1. The highest BCUT2D eigenvalue weighted by molar-refractivity contribution is 5.92. The maximum absolute atomic E-state index is 11.5. The Hall–Kier alpha value is -0.790. The number of hydrogen-bond donors (Lipinski definition) is 1. The predicted molar refractivity (Wildman–Crippen MR) is 54.4 cm³/mol. The van der Waals surface area contributed by atoms with Gasteiger partial charge in [-0.3, -0.25) is 4.79 Å². The minimum absolute atomic E-state index is 0.0174. The van der Waals surface area contributed by atoms with Gasteiger partial charge in [0.05, 0.1) is 0 Å². The number of amides is 1. The maximum Gasteiger partial charge on any atom is 0.246 e. The number of hydrogen-bond acceptors (Lipinski definition) is 1. The van der Waals surface area contributed by atoms with Crippen LogP contribution in [0, 0.1) is 0 Å². The molecular weight excluding hydrogens is 162 g/mol.